The number of rotatable bonds is 2. The Morgan fingerprint density at radius 2 is 2.45 bits per heavy atom. The number of esters is 1. The molecule has 0 amide bonds. The van der Waals surface area contributed by atoms with E-state index in [1.54, 1.807) is 0 Å². The van der Waals surface area contributed by atoms with Gasteiger partial charge in [-0.25, -0.2) is 0 Å². The number of carboxylic acids is 1. The van der Waals surface area contributed by atoms with Crippen LogP contribution >= 0.6 is 0 Å². The van der Waals surface area contributed by atoms with E-state index in [9.17, 15) is 9.59 Å². The highest BCUT2D eigenvalue weighted by Gasteiger charge is 2.32. The van der Waals surface area contributed by atoms with Gasteiger partial charge in [0.1, 0.15) is 6.10 Å². The maximum Gasteiger partial charge on any atom is 0.307 e. The van der Waals surface area contributed by atoms with E-state index < -0.39 is 12.1 Å². The lowest BCUT2D eigenvalue weighted by molar-refractivity contribution is -0.146. The maximum atomic E-state index is 10.6. The molecule has 0 aromatic heterocycles. The molecule has 1 aliphatic heterocycles. The molecule has 1 rings (SSSR count). The van der Waals surface area contributed by atoms with Crippen molar-refractivity contribution in [3.05, 3.63) is 0 Å². The Kier molecular flexibility index (Phi) is 2.12. The average Bonchev–Trinajstić information content (AvgIpc) is 2.09. The second-order valence-electron chi connectivity index (χ2n) is 2.81. The van der Waals surface area contributed by atoms with Gasteiger partial charge in [-0.3, -0.25) is 9.59 Å². The Morgan fingerprint density at radius 1 is 1.82 bits per heavy atom. The van der Waals surface area contributed by atoms with Crippen molar-refractivity contribution in [1.82, 2.24) is 0 Å². The molecule has 0 bridgehead atoms. The molecule has 0 spiro atoms. The zero-order chi connectivity index (χ0) is 8.43. The number of carboxylic acid groups (broad SMARTS) is 1. The van der Waals surface area contributed by atoms with Crippen LogP contribution in [0.3, 0.4) is 0 Å². The van der Waals surface area contributed by atoms with Crippen LogP contribution in [0.5, 0.6) is 0 Å². The Morgan fingerprint density at radius 3 is 2.82 bits per heavy atom. The minimum absolute atomic E-state index is 0.0404. The van der Waals surface area contributed by atoms with E-state index in [2.05, 4.69) is 0 Å². The minimum Gasteiger partial charge on any atom is -0.481 e. The summed E-state index contributed by atoms with van der Waals surface area (Å²) in [6, 6.07) is 0. The largest absolute Gasteiger partial charge is 0.481 e. The van der Waals surface area contributed by atoms with Crippen molar-refractivity contribution >= 4 is 11.9 Å². The number of carbonyl (C=O) groups is 2. The highest BCUT2D eigenvalue weighted by Crippen LogP contribution is 2.23. The van der Waals surface area contributed by atoms with Crippen molar-refractivity contribution < 1.29 is 19.4 Å². The van der Waals surface area contributed by atoms with Gasteiger partial charge < -0.3 is 9.84 Å². The first kappa shape index (κ1) is 8.04. The SMILES string of the molecule is C[C@H]1CC(=O)O[C@H]1CC(=O)O. The van der Waals surface area contributed by atoms with Crippen molar-refractivity contribution in [3.63, 3.8) is 0 Å². The van der Waals surface area contributed by atoms with Gasteiger partial charge in [0.15, 0.2) is 0 Å². The van der Waals surface area contributed by atoms with Crippen LogP contribution in [-0.4, -0.2) is 23.1 Å². The molecule has 0 aromatic rings. The number of aliphatic carboxylic acids is 1. The lowest BCUT2D eigenvalue weighted by Gasteiger charge is -2.09. The molecule has 4 nitrogen and oxygen atoms in total. The summed E-state index contributed by atoms with van der Waals surface area (Å²) in [6.07, 6.45) is -0.148. The molecule has 11 heavy (non-hydrogen) atoms. The second-order valence-corrected chi connectivity index (χ2v) is 2.81. The van der Waals surface area contributed by atoms with Gasteiger partial charge in [0, 0.05) is 5.92 Å². The minimum atomic E-state index is -0.920. The molecule has 1 N–H and O–H groups in total. The molecule has 62 valence electrons. The average molecular weight is 158 g/mol. The van der Waals surface area contributed by atoms with E-state index in [4.69, 9.17) is 9.84 Å². The van der Waals surface area contributed by atoms with Gasteiger partial charge in [-0.1, -0.05) is 6.92 Å². The molecule has 1 fully saturated rings. The second kappa shape index (κ2) is 2.90. The first-order valence-corrected chi connectivity index (χ1v) is 3.51. The van der Waals surface area contributed by atoms with E-state index in [1.807, 2.05) is 6.92 Å². The fourth-order valence-corrected chi connectivity index (χ4v) is 1.14. The number of hydrogen-bond donors (Lipinski definition) is 1. The molecule has 0 aliphatic carbocycles. The molecule has 1 saturated heterocycles. The lowest BCUT2D eigenvalue weighted by atomic mass is 10.0. The van der Waals surface area contributed by atoms with Gasteiger partial charge in [-0.05, 0) is 0 Å². The molecule has 1 heterocycles. The first-order valence-electron chi connectivity index (χ1n) is 3.51. The van der Waals surface area contributed by atoms with Crippen molar-refractivity contribution in [2.75, 3.05) is 0 Å². The molecule has 0 radical (unpaired) electrons. The Balaban J connectivity index is 2.46. The fourth-order valence-electron chi connectivity index (χ4n) is 1.14. The van der Waals surface area contributed by atoms with Gasteiger partial charge >= 0.3 is 11.9 Å². The first-order chi connectivity index (χ1) is 5.09. The lowest BCUT2D eigenvalue weighted by Crippen LogP contribution is -2.18. The Labute approximate surface area is 64.2 Å². The molecule has 1 aliphatic rings. The quantitative estimate of drug-likeness (QED) is 0.591. The Hall–Kier alpha value is -1.06. The van der Waals surface area contributed by atoms with Crippen molar-refractivity contribution in [2.45, 2.75) is 25.9 Å². The molecule has 0 saturated carbocycles. The van der Waals surface area contributed by atoms with Crippen LogP contribution in [0.4, 0.5) is 0 Å². The van der Waals surface area contributed by atoms with Gasteiger partial charge in [-0.15, -0.1) is 0 Å². The van der Waals surface area contributed by atoms with E-state index >= 15 is 0 Å². The Bertz CT molecular complexity index is 187. The van der Waals surface area contributed by atoms with Crippen molar-refractivity contribution in [3.8, 4) is 0 Å². The summed E-state index contributed by atoms with van der Waals surface area (Å²) in [4.78, 5) is 20.8. The summed E-state index contributed by atoms with van der Waals surface area (Å²) in [5, 5.41) is 8.39. The monoisotopic (exact) mass is 158 g/mol. The highest BCUT2D eigenvalue weighted by molar-refractivity contribution is 5.74. The predicted octanol–water partition coefficient (Wildman–Crippen LogP) is 0.413. The van der Waals surface area contributed by atoms with E-state index in [0.29, 0.717) is 6.42 Å². The van der Waals surface area contributed by atoms with Gasteiger partial charge in [0.05, 0.1) is 12.8 Å². The van der Waals surface area contributed by atoms with Gasteiger partial charge in [-0.2, -0.15) is 0 Å². The van der Waals surface area contributed by atoms with Gasteiger partial charge in [0.25, 0.3) is 0 Å². The smallest absolute Gasteiger partial charge is 0.307 e. The standard InChI is InChI=1S/C7H10O4/c1-4-2-7(10)11-5(4)3-6(8)9/h4-5H,2-3H2,1H3,(H,8,9)/t4-,5-/m0/s1. The molecule has 2 atom stereocenters. The summed E-state index contributed by atoms with van der Waals surface area (Å²) >= 11 is 0. The third-order valence-electron chi connectivity index (χ3n) is 1.78. The predicted molar refractivity (Wildman–Crippen MR) is 35.9 cm³/mol. The van der Waals surface area contributed by atoms with E-state index in [-0.39, 0.29) is 18.3 Å². The highest BCUT2D eigenvalue weighted by atomic mass is 16.6. The normalized spacial score (nSPS) is 30.1. The topological polar surface area (TPSA) is 63.6 Å². The van der Waals surface area contributed by atoms with E-state index in [1.165, 1.54) is 0 Å². The summed E-state index contributed by atoms with van der Waals surface area (Å²) in [6.45, 7) is 1.82. The van der Waals surface area contributed by atoms with Crippen LogP contribution in [0.25, 0.3) is 0 Å². The summed E-state index contributed by atoms with van der Waals surface area (Å²) in [5.41, 5.74) is 0. The molecule has 0 aromatic carbocycles. The molecule has 4 heteroatoms. The number of carbonyl (C=O) groups excluding carboxylic acids is 1. The summed E-state index contributed by atoms with van der Waals surface area (Å²) in [5.74, 6) is -1.17. The molecule has 0 unspecified atom stereocenters. The van der Waals surface area contributed by atoms with Gasteiger partial charge in [0.2, 0.25) is 0 Å². The zero-order valence-electron chi connectivity index (χ0n) is 6.24. The van der Waals surface area contributed by atoms with Crippen LogP contribution in [0.2, 0.25) is 0 Å². The maximum absolute atomic E-state index is 10.6. The van der Waals surface area contributed by atoms with Crippen LogP contribution in [0, 0.1) is 5.92 Å². The molecular weight excluding hydrogens is 148 g/mol. The van der Waals surface area contributed by atoms with Crippen LogP contribution in [0.15, 0.2) is 0 Å². The van der Waals surface area contributed by atoms with Crippen LogP contribution in [0.1, 0.15) is 19.8 Å². The summed E-state index contributed by atoms with van der Waals surface area (Å²) < 4.78 is 4.76. The molecular formula is C7H10O4. The van der Waals surface area contributed by atoms with E-state index in [0.717, 1.165) is 0 Å². The fraction of sp³-hybridized carbons (Fsp3) is 0.714. The third-order valence-corrected chi connectivity index (χ3v) is 1.78. The number of ether oxygens (including phenoxy) is 1. The summed E-state index contributed by atoms with van der Waals surface area (Å²) in [7, 11) is 0. The van der Waals surface area contributed by atoms with Crippen molar-refractivity contribution in [1.29, 1.82) is 0 Å². The van der Waals surface area contributed by atoms with Crippen molar-refractivity contribution in [2.24, 2.45) is 5.92 Å². The number of hydrogen-bond acceptors (Lipinski definition) is 3. The van der Waals surface area contributed by atoms with Crippen LogP contribution in [-0.2, 0) is 14.3 Å². The van der Waals surface area contributed by atoms with Crippen LogP contribution < -0.4 is 0 Å². The zero-order valence-corrected chi connectivity index (χ0v) is 6.24. The number of cyclic esters (lactones) is 1. The third kappa shape index (κ3) is 1.93.